The van der Waals surface area contributed by atoms with Crippen LogP contribution in [-0.2, 0) is 4.74 Å². The van der Waals surface area contributed by atoms with Gasteiger partial charge in [-0.15, -0.1) is 10.2 Å². The Bertz CT molecular complexity index is 829. The average molecular weight is 330 g/mol. The third kappa shape index (κ3) is 2.98. The summed E-state index contributed by atoms with van der Waals surface area (Å²) in [5.74, 6) is 1.71. The van der Waals surface area contributed by atoms with Crippen molar-refractivity contribution >= 4 is 33.8 Å². The molecule has 2 aromatic heterocycles. The van der Waals surface area contributed by atoms with Gasteiger partial charge in [-0.3, -0.25) is 0 Å². The quantitative estimate of drug-likeness (QED) is 0.724. The summed E-state index contributed by atoms with van der Waals surface area (Å²) in [6.45, 7) is 3.48. The molecule has 0 spiro atoms. The van der Waals surface area contributed by atoms with E-state index < -0.39 is 0 Å². The third-order valence-electron chi connectivity index (χ3n) is 3.90. The molecule has 0 radical (unpaired) electrons. The van der Waals surface area contributed by atoms with E-state index in [2.05, 4.69) is 20.2 Å². The predicted octanol–water partition coefficient (Wildman–Crippen LogP) is 3.18. The van der Waals surface area contributed by atoms with Crippen LogP contribution in [0.15, 0.2) is 23.4 Å². The second-order valence-electron chi connectivity index (χ2n) is 5.50. The molecule has 1 atom stereocenters. The number of hydrogen-bond acceptors (Lipinski definition) is 6. The van der Waals surface area contributed by atoms with Crippen LogP contribution in [0.3, 0.4) is 0 Å². The maximum Gasteiger partial charge on any atom is 0.211 e. The van der Waals surface area contributed by atoms with Gasteiger partial charge in [0.15, 0.2) is 5.65 Å². The summed E-state index contributed by atoms with van der Waals surface area (Å²) < 4.78 is 11.2. The highest BCUT2D eigenvalue weighted by Crippen LogP contribution is 2.28. The van der Waals surface area contributed by atoms with Crippen LogP contribution in [0.2, 0.25) is 0 Å². The number of H-pyrrole nitrogens is 1. The van der Waals surface area contributed by atoms with Gasteiger partial charge in [-0.1, -0.05) is 11.8 Å². The van der Waals surface area contributed by atoms with Gasteiger partial charge in [0.1, 0.15) is 11.3 Å². The zero-order valence-electron chi connectivity index (χ0n) is 12.9. The van der Waals surface area contributed by atoms with Gasteiger partial charge >= 0.3 is 0 Å². The minimum atomic E-state index is 0.316. The number of aromatic amines is 1. The Hall–Kier alpha value is -1.86. The third-order valence-corrected chi connectivity index (χ3v) is 4.87. The summed E-state index contributed by atoms with van der Waals surface area (Å²) >= 11 is 1.60. The Morgan fingerprint density at radius 1 is 1.39 bits per heavy atom. The van der Waals surface area contributed by atoms with E-state index in [1.807, 2.05) is 25.1 Å². The first kappa shape index (κ1) is 14.7. The predicted molar refractivity (Wildman–Crippen MR) is 90.1 cm³/mol. The van der Waals surface area contributed by atoms with Crippen molar-refractivity contribution in [2.24, 2.45) is 0 Å². The van der Waals surface area contributed by atoms with Crippen LogP contribution in [0.25, 0.3) is 22.1 Å². The molecule has 0 amide bonds. The molecule has 7 heteroatoms. The summed E-state index contributed by atoms with van der Waals surface area (Å²) in [5, 5.41) is 10.3. The lowest BCUT2D eigenvalue weighted by atomic mass is 10.2. The maximum atomic E-state index is 5.63. The van der Waals surface area contributed by atoms with Gasteiger partial charge in [-0.05, 0) is 38.0 Å². The molecule has 0 bridgehead atoms. The molecule has 1 aromatic carbocycles. The number of thioether (sulfide) groups is 1. The first-order valence-electron chi connectivity index (χ1n) is 7.87. The average Bonchev–Trinajstić information content (AvgIpc) is 3.20. The zero-order valence-corrected chi connectivity index (χ0v) is 13.7. The fraction of sp³-hybridized carbons (Fsp3) is 0.438. The van der Waals surface area contributed by atoms with E-state index in [4.69, 9.17) is 9.47 Å². The number of benzene rings is 1. The number of nitrogens with zero attached hydrogens (tertiary/aromatic N) is 3. The van der Waals surface area contributed by atoms with Crippen LogP contribution < -0.4 is 4.74 Å². The molecule has 0 saturated carbocycles. The fourth-order valence-electron chi connectivity index (χ4n) is 2.80. The fourth-order valence-corrected chi connectivity index (χ4v) is 3.65. The summed E-state index contributed by atoms with van der Waals surface area (Å²) in [7, 11) is 0. The van der Waals surface area contributed by atoms with Gasteiger partial charge in [0.25, 0.3) is 0 Å². The topological polar surface area (TPSA) is 72.9 Å². The minimum absolute atomic E-state index is 0.316. The highest BCUT2D eigenvalue weighted by Gasteiger charge is 2.17. The molecule has 23 heavy (non-hydrogen) atoms. The Kier molecular flexibility index (Phi) is 4.05. The second-order valence-corrected chi connectivity index (χ2v) is 6.49. The van der Waals surface area contributed by atoms with Gasteiger partial charge < -0.3 is 14.5 Å². The summed E-state index contributed by atoms with van der Waals surface area (Å²) in [5.41, 5.74) is 2.54. The van der Waals surface area contributed by atoms with E-state index in [0.717, 1.165) is 53.0 Å². The van der Waals surface area contributed by atoms with Crippen LogP contribution >= 0.6 is 11.8 Å². The van der Waals surface area contributed by atoms with Gasteiger partial charge in [0.2, 0.25) is 5.16 Å². The van der Waals surface area contributed by atoms with Crippen molar-refractivity contribution in [3.05, 3.63) is 18.2 Å². The molecular weight excluding hydrogens is 312 g/mol. The molecular formula is C16H18N4O2S. The van der Waals surface area contributed by atoms with E-state index >= 15 is 0 Å². The molecule has 120 valence electrons. The summed E-state index contributed by atoms with van der Waals surface area (Å²) in [6.07, 6.45) is 2.58. The molecule has 0 unspecified atom stereocenters. The Labute approximate surface area is 138 Å². The number of ether oxygens (including phenoxy) is 2. The van der Waals surface area contributed by atoms with Crippen LogP contribution in [-0.4, -0.2) is 45.2 Å². The number of fused-ring (bicyclic) bond motifs is 3. The van der Waals surface area contributed by atoms with Gasteiger partial charge in [-0.25, -0.2) is 4.98 Å². The molecule has 1 aliphatic heterocycles. The number of aromatic nitrogens is 4. The lowest BCUT2D eigenvalue weighted by molar-refractivity contribution is 0.129. The number of rotatable bonds is 5. The van der Waals surface area contributed by atoms with E-state index in [1.54, 1.807) is 11.8 Å². The van der Waals surface area contributed by atoms with E-state index in [-0.39, 0.29) is 0 Å². The van der Waals surface area contributed by atoms with E-state index in [0.29, 0.717) is 17.9 Å². The number of hydrogen-bond donors (Lipinski definition) is 1. The van der Waals surface area contributed by atoms with E-state index in [1.165, 1.54) is 0 Å². The van der Waals surface area contributed by atoms with E-state index in [9.17, 15) is 0 Å². The molecule has 4 rings (SSSR count). The second kappa shape index (κ2) is 6.33. The van der Waals surface area contributed by atoms with Crippen molar-refractivity contribution in [3.63, 3.8) is 0 Å². The summed E-state index contributed by atoms with van der Waals surface area (Å²) in [4.78, 5) is 7.89. The molecule has 1 saturated heterocycles. The largest absolute Gasteiger partial charge is 0.494 e. The smallest absolute Gasteiger partial charge is 0.211 e. The SMILES string of the molecule is CCOc1ccc2[nH]c3nc(SC[C@@H]4CCCO4)nnc3c2c1. The van der Waals surface area contributed by atoms with Crippen molar-refractivity contribution < 1.29 is 9.47 Å². The van der Waals surface area contributed by atoms with Crippen molar-refractivity contribution in [2.45, 2.75) is 31.0 Å². The van der Waals surface area contributed by atoms with Gasteiger partial charge in [0, 0.05) is 23.3 Å². The highest BCUT2D eigenvalue weighted by atomic mass is 32.2. The summed E-state index contributed by atoms with van der Waals surface area (Å²) in [6, 6.07) is 5.91. The standard InChI is InChI=1S/C16H18N4O2S/c1-2-21-10-5-6-13-12(8-10)14-15(17-13)18-16(20-19-14)23-9-11-4-3-7-22-11/h5-6,8,11H,2-4,7,9H2,1H3,(H,17,18,20)/t11-/m0/s1. The first-order chi connectivity index (χ1) is 11.3. The van der Waals surface area contributed by atoms with Crippen molar-refractivity contribution in [3.8, 4) is 5.75 Å². The normalized spacial score (nSPS) is 18.0. The lowest BCUT2D eigenvalue weighted by Crippen LogP contribution is -2.08. The lowest BCUT2D eigenvalue weighted by Gasteiger charge is -2.06. The van der Waals surface area contributed by atoms with Crippen LogP contribution in [0, 0.1) is 0 Å². The highest BCUT2D eigenvalue weighted by molar-refractivity contribution is 7.99. The van der Waals surface area contributed by atoms with Crippen molar-refractivity contribution in [1.29, 1.82) is 0 Å². The molecule has 6 nitrogen and oxygen atoms in total. The monoisotopic (exact) mass is 330 g/mol. The molecule has 1 fully saturated rings. The molecule has 1 aliphatic rings. The minimum Gasteiger partial charge on any atom is -0.494 e. The number of nitrogens with one attached hydrogen (secondary N) is 1. The molecule has 3 heterocycles. The zero-order chi connectivity index (χ0) is 15.6. The van der Waals surface area contributed by atoms with Gasteiger partial charge in [-0.2, -0.15) is 0 Å². The Morgan fingerprint density at radius 2 is 2.35 bits per heavy atom. The maximum absolute atomic E-state index is 5.63. The van der Waals surface area contributed by atoms with Gasteiger partial charge in [0.05, 0.1) is 12.7 Å². The molecule has 3 aromatic rings. The Balaban J connectivity index is 1.61. The first-order valence-corrected chi connectivity index (χ1v) is 8.85. The van der Waals surface area contributed by atoms with Crippen molar-refractivity contribution in [2.75, 3.05) is 19.0 Å². The molecule has 1 N–H and O–H groups in total. The Morgan fingerprint density at radius 3 is 3.17 bits per heavy atom. The van der Waals surface area contributed by atoms with Crippen LogP contribution in [0.1, 0.15) is 19.8 Å². The van der Waals surface area contributed by atoms with Crippen LogP contribution in [0.4, 0.5) is 0 Å². The molecule has 0 aliphatic carbocycles. The van der Waals surface area contributed by atoms with Crippen molar-refractivity contribution in [1.82, 2.24) is 20.2 Å². The van der Waals surface area contributed by atoms with Crippen LogP contribution in [0.5, 0.6) is 5.75 Å².